The molecule has 0 bridgehead atoms. The standard InChI is InChI=1S/C28H31N3O4/c32-27-9-4-12-30(27)14-16-35-26-8-2-1-7-24(26)28(33)31-13-15-34-20-21(19-31)17-23-6-3-5-22-10-11-29-18-25(22)23/h1-3,5-8,10-11,18,21H,4,9,12-17,19-20H2/t21-/m0/s1. The van der Waals surface area contributed by atoms with E-state index >= 15 is 0 Å². The third-order valence-corrected chi connectivity index (χ3v) is 6.82. The van der Waals surface area contributed by atoms with Gasteiger partial charge in [-0.2, -0.15) is 0 Å². The highest BCUT2D eigenvalue weighted by atomic mass is 16.5. The number of benzene rings is 2. The SMILES string of the molecule is O=C1CCCN1CCOc1ccccc1C(=O)N1CCOC[C@@H](Cc2cccc3ccncc23)C1. The maximum atomic E-state index is 13.6. The van der Waals surface area contributed by atoms with Gasteiger partial charge in [-0.1, -0.05) is 30.3 Å². The predicted octanol–water partition coefficient (Wildman–Crippen LogP) is 3.57. The Balaban J connectivity index is 1.27. The summed E-state index contributed by atoms with van der Waals surface area (Å²) in [5.41, 5.74) is 1.77. The fraction of sp³-hybridized carbons (Fsp3) is 0.393. The molecule has 0 N–H and O–H groups in total. The van der Waals surface area contributed by atoms with Crippen LogP contribution in [0.2, 0.25) is 0 Å². The monoisotopic (exact) mass is 473 g/mol. The number of aromatic nitrogens is 1. The number of amides is 2. The van der Waals surface area contributed by atoms with E-state index in [1.807, 2.05) is 52.5 Å². The van der Waals surface area contributed by atoms with Crippen LogP contribution < -0.4 is 4.74 Å². The molecule has 182 valence electrons. The molecule has 0 saturated carbocycles. The molecule has 1 aromatic heterocycles. The van der Waals surface area contributed by atoms with Crippen LogP contribution in [0.4, 0.5) is 0 Å². The summed E-state index contributed by atoms with van der Waals surface area (Å²) in [5, 5.41) is 2.31. The Kier molecular flexibility index (Phi) is 7.23. The number of carbonyl (C=O) groups is 2. The van der Waals surface area contributed by atoms with E-state index < -0.39 is 0 Å². The molecule has 0 spiro atoms. The first kappa shape index (κ1) is 23.3. The maximum Gasteiger partial charge on any atom is 0.257 e. The van der Waals surface area contributed by atoms with Gasteiger partial charge in [0.05, 0.1) is 25.3 Å². The Morgan fingerprint density at radius 2 is 2.03 bits per heavy atom. The second kappa shape index (κ2) is 10.9. The number of carbonyl (C=O) groups excluding carboxylic acids is 2. The number of fused-ring (bicyclic) bond motifs is 1. The topological polar surface area (TPSA) is 72.0 Å². The van der Waals surface area contributed by atoms with Crippen LogP contribution >= 0.6 is 0 Å². The average Bonchev–Trinajstić information content (AvgIpc) is 3.15. The minimum absolute atomic E-state index is 0.0482. The summed E-state index contributed by atoms with van der Waals surface area (Å²) in [4.78, 5) is 33.4. The van der Waals surface area contributed by atoms with Crippen LogP contribution in [0.3, 0.4) is 0 Å². The number of rotatable bonds is 7. The number of para-hydroxylation sites is 1. The number of pyridine rings is 1. The van der Waals surface area contributed by atoms with E-state index in [0.29, 0.717) is 57.2 Å². The Morgan fingerprint density at radius 1 is 1.11 bits per heavy atom. The number of ether oxygens (including phenoxy) is 2. The first-order valence-corrected chi connectivity index (χ1v) is 12.4. The van der Waals surface area contributed by atoms with E-state index in [4.69, 9.17) is 9.47 Å². The summed E-state index contributed by atoms with van der Waals surface area (Å²) in [6.07, 6.45) is 6.05. The number of nitrogens with zero attached hydrogens (tertiary/aromatic N) is 3. The molecule has 0 radical (unpaired) electrons. The van der Waals surface area contributed by atoms with Crippen molar-refractivity contribution >= 4 is 22.6 Å². The van der Waals surface area contributed by atoms with Crippen molar-refractivity contribution in [3.05, 3.63) is 72.1 Å². The Hall–Kier alpha value is -3.45. The molecule has 2 aliphatic heterocycles. The summed E-state index contributed by atoms with van der Waals surface area (Å²) in [6, 6.07) is 15.7. The van der Waals surface area contributed by atoms with Crippen molar-refractivity contribution in [3.8, 4) is 5.75 Å². The van der Waals surface area contributed by atoms with Gasteiger partial charge in [-0.05, 0) is 42.0 Å². The second-order valence-electron chi connectivity index (χ2n) is 9.24. The number of hydrogen-bond acceptors (Lipinski definition) is 5. The molecule has 0 aliphatic carbocycles. The van der Waals surface area contributed by atoms with Gasteiger partial charge in [0.1, 0.15) is 12.4 Å². The summed E-state index contributed by atoms with van der Waals surface area (Å²) >= 11 is 0. The highest BCUT2D eigenvalue weighted by Gasteiger charge is 2.26. The Morgan fingerprint density at radius 3 is 2.91 bits per heavy atom. The molecule has 35 heavy (non-hydrogen) atoms. The number of likely N-dealkylation sites (tertiary alicyclic amines) is 1. The van der Waals surface area contributed by atoms with Gasteiger partial charge in [0.2, 0.25) is 5.91 Å². The summed E-state index contributed by atoms with van der Waals surface area (Å²) < 4.78 is 11.9. The van der Waals surface area contributed by atoms with Gasteiger partial charge in [0, 0.05) is 49.8 Å². The smallest absolute Gasteiger partial charge is 0.257 e. The Labute approximate surface area is 205 Å². The van der Waals surface area contributed by atoms with Crippen molar-refractivity contribution < 1.29 is 19.1 Å². The lowest BCUT2D eigenvalue weighted by molar-refractivity contribution is -0.128. The average molecular weight is 474 g/mol. The van der Waals surface area contributed by atoms with Crippen LogP contribution in [-0.4, -0.2) is 72.6 Å². The predicted molar refractivity (Wildman–Crippen MR) is 133 cm³/mol. The summed E-state index contributed by atoms with van der Waals surface area (Å²) in [5.74, 6) is 0.871. The first-order valence-electron chi connectivity index (χ1n) is 12.4. The highest BCUT2D eigenvalue weighted by Crippen LogP contribution is 2.25. The minimum atomic E-state index is -0.0482. The largest absolute Gasteiger partial charge is 0.491 e. The van der Waals surface area contributed by atoms with Gasteiger partial charge in [0.25, 0.3) is 5.91 Å². The molecule has 0 unspecified atom stereocenters. The zero-order chi connectivity index (χ0) is 24.0. The summed E-state index contributed by atoms with van der Waals surface area (Å²) in [7, 11) is 0. The zero-order valence-electron chi connectivity index (χ0n) is 19.9. The van der Waals surface area contributed by atoms with Crippen molar-refractivity contribution in [2.75, 3.05) is 46.0 Å². The van der Waals surface area contributed by atoms with E-state index in [9.17, 15) is 9.59 Å². The molecule has 3 aromatic rings. The molecule has 7 heteroatoms. The van der Waals surface area contributed by atoms with E-state index in [0.717, 1.165) is 24.8 Å². The molecule has 2 aromatic carbocycles. The molecule has 2 fully saturated rings. The molecule has 1 atom stereocenters. The summed E-state index contributed by atoms with van der Waals surface area (Å²) in [6.45, 7) is 3.99. The molecule has 3 heterocycles. The fourth-order valence-electron chi connectivity index (χ4n) is 5.00. The zero-order valence-corrected chi connectivity index (χ0v) is 19.9. The molecular formula is C28H31N3O4. The number of hydrogen-bond donors (Lipinski definition) is 0. The van der Waals surface area contributed by atoms with E-state index in [1.54, 1.807) is 0 Å². The van der Waals surface area contributed by atoms with Gasteiger partial charge >= 0.3 is 0 Å². The van der Waals surface area contributed by atoms with Crippen molar-refractivity contribution in [3.63, 3.8) is 0 Å². The van der Waals surface area contributed by atoms with E-state index in [1.165, 1.54) is 10.9 Å². The van der Waals surface area contributed by atoms with Gasteiger partial charge < -0.3 is 19.3 Å². The second-order valence-corrected chi connectivity index (χ2v) is 9.24. The Bertz CT molecular complexity index is 1190. The van der Waals surface area contributed by atoms with Crippen molar-refractivity contribution in [2.24, 2.45) is 5.92 Å². The quantitative estimate of drug-likeness (QED) is 0.525. The maximum absolute atomic E-state index is 13.6. The third kappa shape index (κ3) is 5.46. The highest BCUT2D eigenvalue weighted by molar-refractivity contribution is 5.97. The van der Waals surface area contributed by atoms with Crippen LogP contribution in [0, 0.1) is 5.92 Å². The van der Waals surface area contributed by atoms with Gasteiger partial charge in [0.15, 0.2) is 0 Å². The van der Waals surface area contributed by atoms with Crippen molar-refractivity contribution in [1.29, 1.82) is 0 Å². The lowest BCUT2D eigenvalue weighted by atomic mass is 9.95. The van der Waals surface area contributed by atoms with Gasteiger partial charge in [-0.25, -0.2) is 0 Å². The van der Waals surface area contributed by atoms with E-state index in [-0.39, 0.29) is 17.7 Å². The minimum Gasteiger partial charge on any atom is -0.491 e. The third-order valence-electron chi connectivity index (χ3n) is 6.82. The molecular weight excluding hydrogens is 442 g/mol. The van der Waals surface area contributed by atoms with Gasteiger partial charge in [-0.3, -0.25) is 14.6 Å². The molecule has 2 amide bonds. The first-order chi connectivity index (χ1) is 17.2. The lowest BCUT2D eigenvalue weighted by Gasteiger charge is -2.25. The van der Waals surface area contributed by atoms with Crippen molar-refractivity contribution in [1.82, 2.24) is 14.8 Å². The fourth-order valence-corrected chi connectivity index (χ4v) is 5.00. The van der Waals surface area contributed by atoms with Crippen LogP contribution in [0.5, 0.6) is 5.75 Å². The molecule has 2 saturated heterocycles. The molecule has 2 aliphatic rings. The van der Waals surface area contributed by atoms with Gasteiger partial charge in [-0.15, -0.1) is 0 Å². The van der Waals surface area contributed by atoms with E-state index in [2.05, 4.69) is 23.2 Å². The molecule has 5 rings (SSSR count). The van der Waals surface area contributed by atoms with Crippen molar-refractivity contribution in [2.45, 2.75) is 19.3 Å². The lowest BCUT2D eigenvalue weighted by Crippen LogP contribution is -2.36. The normalized spacial score (nSPS) is 18.6. The van der Waals surface area contributed by atoms with Crippen LogP contribution in [0.15, 0.2) is 60.9 Å². The van der Waals surface area contributed by atoms with Crippen LogP contribution in [0.25, 0.3) is 10.8 Å². The molecule has 7 nitrogen and oxygen atoms in total. The van der Waals surface area contributed by atoms with Crippen LogP contribution in [-0.2, 0) is 16.0 Å². The van der Waals surface area contributed by atoms with Crippen LogP contribution in [0.1, 0.15) is 28.8 Å².